The quantitative estimate of drug-likeness (QED) is 0.156. The Labute approximate surface area is 210 Å². The Morgan fingerprint density at radius 1 is 1.16 bits per heavy atom. The number of aliphatic hydroxyl groups excluding tert-OH is 2. The molecule has 13 heteroatoms. The van der Waals surface area contributed by atoms with Crippen molar-refractivity contribution in [2.24, 2.45) is 28.4 Å². The van der Waals surface area contributed by atoms with Gasteiger partial charge in [-0.05, 0) is 57.5 Å². The van der Waals surface area contributed by atoms with Gasteiger partial charge < -0.3 is 31.9 Å². The van der Waals surface area contributed by atoms with Gasteiger partial charge in [-0.25, -0.2) is 10.2 Å². The summed E-state index contributed by atoms with van der Waals surface area (Å²) in [7, 11) is 3.10. The highest BCUT2D eigenvalue weighted by atomic mass is 16.3. The summed E-state index contributed by atoms with van der Waals surface area (Å²) >= 11 is 0. The van der Waals surface area contributed by atoms with Crippen LogP contribution in [0.2, 0.25) is 0 Å². The number of ketones is 2. The number of nitrogens with one attached hydrogen (secondary N) is 1. The lowest BCUT2D eigenvalue weighted by Crippen LogP contribution is -2.63. The molecule has 3 aliphatic carbocycles. The molecule has 0 heterocycles. The van der Waals surface area contributed by atoms with Crippen molar-refractivity contribution in [1.29, 1.82) is 0 Å². The van der Waals surface area contributed by atoms with E-state index in [1.165, 1.54) is 17.0 Å². The number of aliphatic hydroxyl groups is 3. The number of nitrogens with zero attached hydrogens (tertiary/aromatic N) is 2. The Balaban J connectivity index is 1.93. The van der Waals surface area contributed by atoms with Crippen LogP contribution in [0.5, 0.6) is 5.75 Å². The summed E-state index contributed by atoms with van der Waals surface area (Å²) in [5.41, 5.74) is 9.59. The molecule has 0 bridgehead atoms. The third-order valence-electron chi connectivity index (χ3n) is 7.33. The number of nitrogens with two attached hydrogens (primary N) is 2. The molecule has 1 aromatic rings. The van der Waals surface area contributed by atoms with Crippen LogP contribution in [0.1, 0.15) is 34.8 Å². The number of rotatable bonds is 4. The molecule has 9 N–H and O–H groups in total. The highest BCUT2D eigenvalue weighted by molar-refractivity contribution is 6.25. The molecular weight excluding hydrogens is 486 g/mol. The number of primary amides is 2. The van der Waals surface area contributed by atoms with Gasteiger partial charge in [0.2, 0.25) is 5.78 Å². The fourth-order valence-electron chi connectivity index (χ4n) is 5.79. The first-order valence-corrected chi connectivity index (χ1v) is 11.3. The predicted octanol–water partition coefficient (Wildman–Crippen LogP) is -0.487. The molecule has 3 aliphatic rings. The van der Waals surface area contributed by atoms with E-state index in [1.54, 1.807) is 21.0 Å². The molecular formula is C24H27N5O8. The number of allylic oxidation sites excluding steroid dienone is 1. The van der Waals surface area contributed by atoms with Gasteiger partial charge in [0, 0.05) is 17.1 Å². The number of amides is 3. The largest absolute Gasteiger partial charge is 0.510 e. The number of hydrogen-bond donors (Lipinski definition) is 7. The first-order chi connectivity index (χ1) is 17.2. The number of phenols is 1. The Hall–Kier alpha value is -4.23. The maximum Gasteiger partial charge on any atom is 0.332 e. The minimum atomic E-state index is -2.71. The Morgan fingerprint density at radius 3 is 2.38 bits per heavy atom. The van der Waals surface area contributed by atoms with Crippen molar-refractivity contribution in [2.75, 3.05) is 14.1 Å². The standard InChI is InChI=1S/C24H27N5O8/c1-8(27-28-23(26)36)10-4-5-13(30)15-11(10)6-9-7-12-17(29(2)3)19(32)16(22(25)35)21(34)24(12,37)20(33)14(9)18(15)31/h4-5,9,12,17,30,32-33,37H,6-7H2,1-3H3,(H2,25,35)(H3,26,28,36)/b27-8-/t9-,12-,17-,24-/m0/s1. The van der Waals surface area contributed by atoms with E-state index in [2.05, 4.69) is 10.5 Å². The second-order valence-electron chi connectivity index (χ2n) is 9.62. The maximum absolute atomic E-state index is 13.6. The molecule has 0 unspecified atom stereocenters. The van der Waals surface area contributed by atoms with Gasteiger partial charge in [0.05, 0.1) is 17.3 Å². The molecule has 1 aromatic carbocycles. The fraction of sp³-hybridized carbons (Fsp3) is 0.375. The summed E-state index contributed by atoms with van der Waals surface area (Å²) in [4.78, 5) is 51.5. The molecule has 0 aliphatic heterocycles. The molecule has 4 atom stereocenters. The molecule has 37 heavy (non-hydrogen) atoms. The van der Waals surface area contributed by atoms with E-state index in [4.69, 9.17) is 11.5 Å². The molecule has 4 rings (SSSR count). The Bertz CT molecular complexity index is 1360. The van der Waals surface area contributed by atoms with Gasteiger partial charge in [-0.15, -0.1) is 0 Å². The van der Waals surface area contributed by atoms with Crippen LogP contribution in [0.25, 0.3) is 0 Å². The molecule has 0 fully saturated rings. The third-order valence-corrected chi connectivity index (χ3v) is 7.33. The van der Waals surface area contributed by atoms with Crippen LogP contribution in [0.15, 0.2) is 39.9 Å². The van der Waals surface area contributed by atoms with Crippen molar-refractivity contribution >= 4 is 29.2 Å². The van der Waals surface area contributed by atoms with Crippen LogP contribution in [-0.2, 0) is 16.0 Å². The van der Waals surface area contributed by atoms with E-state index in [-0.39, 0.29) is 29.7 Å². The molecule has 196 valence electrons. The molecule has 0 radical (unpaired) electrons. The van der Waals surface area contributed by atoms with Gasteiger partial charge >= 0.3 is 6.03 Å². The summed E-state index contributed by atoms with van der Waals surface area (Å²) in [6.07, 6.45) is 0.0400. The number of aromatic hydroxyl groups is 1. The number of benzene rings is 1. The zero-order valence-corrected chi connectivity index (χ0v) is 20.3. The molecule has 0 saturated carbocycles. The summed E-state index contributed by atoms with van der Waals surface area (Å²) < 4.78 is 0. The van der Waals surface area contributed by atoms with Crippen LogP contribution in [0.4, 0.5) is 4.79 Å². The van der Waals surface area contributed by atoms with Crippen molar-refractivity contribution in [3.63, 3.8) is 0 Å². The van der Waals surface area contributed by atoms with Gasteiger partial charge in [-0.2, -0.15) is 5.10 Å². The van der Waals surface area contributed by atoms with Gasteiger partial charge in [-0.3, -0.25) is 19.3 Å². The van der Waals surface area contributed by atoms with Crippen molar-refractivity contribution in [1.82, 2.24) is 10.3 Å². The molecule has 3 amide bonds. The molecule has 0 saturated heterocycles. The van der Waals surface area contributed by atoms with Crippen molar-refractivity contribution in [2.45, 2.75) is 31.4 Å². The summed E-state index contributed by atoms with van der Waals surface area (Å²) in [6, 6.07) is 0.770. The van der Waals surface area contributed by atoms with Crippen LogP contribution in [0.3, 0.4) is 0 Å². The second-order valence-corrected chi connectivity index (χ2v) is 9.62. The SMILES string of the molecule is C/C(=N/NC(N)=O)c1ccc(O)c2c1C[C@H]1C[C@H]3[C@H](N(C)C)C(O)=C(C(N)=O)C(=O)[C@@]3(O)C(O)=C1C2=O. The normalized spacial score (nSPS) is 27.6. The molecule has 13 nitrogen and oxygen atoms in total. The fourth-order valence-corrected chi connectivity index (χ4v) is 5.79. The van der Waals surface area contributed by atoms with E-state index >= 15 is 0 Å². The number of carbonyl (C=O) groups excluding carboxylic acids is 4. The third kappa shape index (κ3) is 3.65. The smallest absolute Gasteiger partial charge is 0.332 e. The number of Topliss-reactive ketones (excluding diaryl/α,β-unsaturated/α-hetero) is 2. The number of urea groups is 1. The first kappa shape index (κ1) is 25.9. The Morgan fingerprint density at radius 2 is 1.81 bits per heavy atom. The van der Waals surface area contributed by atoms with Crippen LogP contribution in [0, 0.1) is 11.8 Å². The van der Waals surface area contributed by atoms with Crippen LogP contribution < -0.4 is 16.9 Å². The first-order valence-electron chi connectivity index (χ1n) is 11.3. The zero-order valence-electron chi connectivity index (χ0n) is 20.3. The van der Waals surface area contributed by atoms with Gasteiger partial charge in [-0.1, -0.05) is 0 Å². The lowest BCUT2D eigenvalue weighted by atomic mass is 9.58. The number of likely N-dealkylation sites (N-methyl/N-ethyl adjacent to an activating group) is 1. The van der Waals surface area contributed by atoms with Crippen LogP contribution in [-0.4, -0.2) is 80.3 Å². The van der Waals surface area contributed by atoms with Gasteiger partial charge in [0.1, 0.15) is 22.8 Å². The topological polar surface area (TPSA) is 229 Å². The highest BCUT2D eigenvalue weighted by Gasteiger charge is 2.63. The monoisotopic (exact) mass is 513 g/mol. The number of carbonyl (C=O) groups is 4. The highest BCUT2D eigenvalue weighted by Crippen LogP contribution is 2.52. The molecule has 0 spiro atoms. The lowest BCUT2D eigenvalue weighted by Gasteiger charge is -2.50. The van der Waals surface area contributed by atoms with E-state index in [1.807, 2.05) is 0 Å². The van der Waals surface area contributed by atoms with Crippen molar-refractivity contribution < 1.29 is 39.6 Å². The number of hydrazone groups is 1. The van der Waals surface area contributed by atoms with Gasteiger partial charge in [0.15, 0.2) is 11.4 Å². The minimum absolute atomic E-state index is 0.0451. The molecule has 0 aromatic heterocycles. The summed E-state index contributed by atoms with van der Waals surface area (Å²) in [5, 5.41) is 48.1. The van der Waals surface area contributed by atoms with Crippen molar-refractivity contribution in [3.8, 4) is 5.75 Å². The average molecular weight is 514 g/mol. The van der Waals surface area contributed by atoms with E-state index < -0.39 is 69.8 Å². The van der Waals surface area contributed by atoms with Crippen LogP contribution >= 0.6 is 0 Å². The maximum atomic E-state index is 13.6. The zero-order chi connectivity index (χ0) is 27.6. The van der Waals surface area contributed by atoms with Gasteiger partial charge in [0.25, 0.3) is 5.91 Å². The Kier molecular flexibility index (Phi) is 6.08. The lowest BCUT2D eigenvalue weighted by molar-refractivity contribution is -0.148. The van der Waals surface area contributed by atoms with E-state index in [0.717, 1.165) is 0 Å². The average Bonchev–Trinajstić information content (AvgIpc) is 2.79. The summed E-state index contributed by atoms with van der Waals surface area (Å²) in [5.74, 6) is -7.27. The minimum Gasteiger partial charge on any atom is -0.510 e. The number of phenolic OH excluding ortho intramolecular Hbond substituents is 1. The van der Waals surface area contributed by atoms with E-state index in [9.17, 15) is 39.6 Å². The van der Waals surface area contributed by atoms with Crippen molar-refractivity contribution in [3.05, 3.63) is 51.5 Å². The second kappa shape index (κ2) is 8.71. The summed E-state index contributed by atoms with van der Waals surface area (Å²) in [6.45, 7) is 1.56. The predicted molar refractivity (Wildman–Crippen MR) is 129 cm³/mol. The van der Waals surface area contributed by atoms with E-state index in [0.29, 0.717) is 11.1 Å². The number of fused-ring (bicyclic) bond motifs is 3. The number of hydrogen-bond acceptors (Lipinski definition) is 10.